The second-order valence-electron chi connectivity index (χ2n) is 19.1. The average Bonchev–Trinajstić information content (AvgIpc) is 4.07. The first kappa shape index (κ1) is 55.6. The van der Waals surface area contributed by atoms with Crippen molar-refractivity contribution in [2.75, 3.05) is 19.8 Å². The van der Waals surface area contributed by atoms with Gasteiger partial charge in [-0.15, -0.1) is 0 Å². The van der Waals surface area contributed by atoms with E-state index in [2.05, 4.69) is 123 Å². The van der Waals surface area contributed by atoms with Crippen LogP contribution < -0.4 is 18.9 Å². The lowest BCUT2D eigenvalue weighted by molar-refractivity contribution is -0.143. The zero-order valence-electron chi connectivity index (χ0n) is 45.0. The van der Waals surface area contributed by atoms with Crippen molar-refractivity contribution in [3.63, 3.8) is 0 Å². The summed E-state index contributed by atoms with van der Waals surface area (Å²) in [5, 5.41) is 18.3. The quantitative estimate of drug-likeness (QED) is 0.0435. The molecule has 2 aromatic heterocycles. The first-order chi connectivity index (χ1) is 36.9. The van der Waals surface area contributed by atoms with Gasteiger partial charge < -0.3 is 28.8 Å². The van der Waals surface area contributed by atoms with Crippen molar-refractivity contribution < 1.29 is 38.4 Å². The molecule has 8 rings (SSSR count). The minimum Gasteiger partial charge on any atom is -0.493 e. The molecule has 0 bridgehead atoms. The number of carbonyl (C=O) groups is 2. The molecule has 12 heteroatoms. The van der Waals surface area contributed by atoms with Crippen molar-refractivity contribution in [1.29, 1.82) is 0 Å². The van der Waals surface area contributed by atoms with E-state index in [-0.39, 0.29) is 30.6 Å². The van der Waals surface area contributed by atoms with Gasteiger partial charge >= 0.3 is 11.9 Å². The van der Waals surface area contributed by atoms with Crippen molar-refractivity contribution in [3.8, 4) is 45.3 Å². The Kier molecular flexibility index (Phi) is 20.5. The van der Waals surface area contributed by atoms with Gasteiger partial charge in [-0.25, -0.2) is 0 Å². The number of unbranched alkanes of at least 4 members (excludes halogenated alkanes) is 2. The maximum Gasteiger partial charge on any atom is 0.306 e. The number of esters is 1. The van der Waals surface area contributed by atoms with E-state index in [1.807, 2.05) is 94.1 Å². The van der Waals surface area contributed by atoms with E-state index >= 15 is 0 Å². The topological polar surface area (TPSA) is 136 Å². The number of ether oxygens (including phenoxy) is 5. The van der Waals surface area contributed by atoms with Crippen LogP contribution in [0.3, 0.4) is 0 Å². The number of aryl methyl sites for hydroxylation is 4. The van der Waals surface area contributed by atoms with Crippen LogP contribution in [-0.4, -0.2) is 56.4 Å². The highest BCUT2D eigenvalue weighted by Crippen LogP contribution is 2.35. The molecule has 1 N–H and O–H groups in total. The van der Waals surface area contributed by atoms with Gasteiger partial charge in [-0.2, -0.15) is 10.2 Å². The molecule has 0 fully saturated rings. The lowest BCUT2D eigenvalue weighted by atomic mass is 9.92. The van der Waals surface area contributed by atoms with E-state index in [9.17, 15) is 14.7 Å². The van der Waals surface area contributed by atoms with Crippen LogP contribution in [0.15, 0.2) is 158 Å². The smallest absolute Gasteiger partial charge is 0.306 e. The average molecular weight is 1030 g/mol. The van der Waals surface area contributed by atoms with E-state index in [4.69, 9.17) is 23.7 Å². The first-order valence-corrected chi connectivity index (χ1v) is 26.4. The summed E-state index contributed by atoms with van der Waals surface area (Å²) in [5.74, 6) is 1.76. The summed E-state index contributed by atoms with van der Waals surface area (Å²) in [4.78, 5) is 23.7. The lowest BCUT2D eigenvalue weighted by Crippen LogP contribution is -2.12. The predicted octanol–water partition coefficient (Wildman–Crippen LogP) is 14.0. The second kappa shape index (κ2) is 28.0. The second-order valence-corrected chi connectivity index (χ2v) is 19.1. The van der Waals surface area contributed by atoms with Crippen molar-refractivity contribution >= 4 is 11.9 Å². The van der Waals surface area contributed by atoms with E-state index in [1.165, 1.54) is 11.1 Å². The van der Waals surface area contributed by atoms with Gasteiger partial charge in [0.25, 0.3) is 0 Å². The Morgan fingerprint density at radius 3 is 1.32 bits per heavy atom. The Labute approximate surface area is 448 Å². The van der Waals surface area contributed by atoms with Crippen LogP contribution in [0.2, 0.25) is 0 Å². The van der Waals surface area contributed by atoms with Gasteiger partial charge in [0.15, 0.2) is 0 Å². The molecule has 0 spiro atoms. The molecule has 2 unspecified atom stereocenters. The Bertz CT molecular complexity index is 3070. The molecule has 0 aliphatic heterocycles. The summed E-state index contributed by atoms with van der Waals surface area (Å²) in [6, 6.07) is 48.7. The predicted molar refractivity (Wildman–Crippen MR) is 299 cm³/mol. The fourth-order valence-corrected chi connectivity index (χ4v) is 8.72. The summed E-state index contributed by atoms with van der Waals surface area (Å²) < 4.78 is 32.8. The summed E-state index contributed by atoms with van der Waals surface area (Å²) in [6.07, 6.45) is 8.22. The normalized spacial score (nSPS) is 11.7. The highest BCUT2D eigenvalue weighted by atomic mass is 16.5. The Hall–Kier alpha value is -8.12. The summed E-state index contributed by atoms with van der Waals surface area (Å²) in [5.41, 5.74) is 12.5. The van der Waals surface area contributed by atoms with Gasteiger partial charge in [0.2, 0.25) is 0 Å². The molecule has 0 radical (unpaired) electrons. The molecule has 76 heavy (non-hydrogen) atoms. The lowest BCUT2D eigenvalue weighted by Gasteiger charge is -2.16. The maximum atomic E-state index is 12.3. The number of hydrogen-bond acceptors (Lipinski definition) is 9. The zero-order valence-corrected chi connectivity index (χ0v) is 45.0. The number of carboxylic acid groups (broad SMARTS) is 1. The number of nitrogens with zero attached hydrogens (tertiary/aromatic N) is 4. The van der Waals surface area contributed by atoms with Crippen LogP contribution in [0.1, 0.15) is 116 Å². The third-order valence-corrected chi connectivity index (χ3v) is 12.9. The van der Waals surface area contributed by atoms with Crippen molar-refractivity contribution in [3.05, 3.63) is 203 Å². The zero-order chi connectivity index (χ0) is 53.8. The van der Waals surface area contributed by atoms with Gasteiger partial charge in [-0.05, 0) is 128 Å². The fourth-order valence-electron chi connectivity index (χ4n) is 8.72. The molecule has 12 nitrogen and oxygen atoms in total. The molecule has 0 aliphatic carbocycles. The van der Waals surface area contributed by atoms with E-state index in [1.54, 1.807) is 9.36 Å². The van der Waals surface area contributed by atoms with Gasteiger partial charge in [-0.3, -0.25) is 19.0 Å². The largest absolute Gasteiger partial charge is 0.493 e. The van der Waals surface area contributed by atoms with Crippen molar-refractivity contribution in [2.24, 2.45) is 14.1 Å². The van der Waals surface area contributed by atoms with Crippen molar-refractivity contribution in [1.82, 2.24) is 19.6 Å². The molecule has 0 saturated heterocycles. The summed E-state index contributed by atoms with van der Waals surface area (Å²) in [7, 11) is 3.70. The molecular formula is C64H72N4O8. The Balaban J connectivity index is 0.000000221. The van der Waals surface area contributed by atoms with E-state index in [0.29, 0.717) is 19.8 Å². The van der Waals surface area contributed by atoms with Gasteiger partial charge in [0, 0.05) is 49.5 Å². The number of carboxylic acids is 1. The third-order valence-electron chi connectivity index (χ3n) is 12.9. The molecule has 396 valence electrons. The first-order valence-electron chi connectivity index (χ1n) is 26.4. The third kappa shape index (κ3) is 16.2. The molecule has 0 saturated carbocycles. The molecule has 0 amide bonds. The number of rotatable bonds is 25. The van der Waals surface area contributed by atoms with Crippen LogP contribution in [0.4, 0.5) is 0 Å². The molecule has 0 aliphatic rings. The Morgan fingerprint density at radius 2 is 0.947 bits per heavy atom. The number of aromatic nitrogens is 4. The van der Waals surface area contributed by atoms with Gasteiger partial charge in [-0.1, -0.05) is 123 Å². The maximum absolute atomic E-state index is 12.3. The van der Waals surface area contributed by atoms with E-state index < -0.39 is 5.97 Å². The number of hydrogen-bond donors (Lipinski definition) is 1. The fraction of sp³-hybridized carbons (Fsp3) is 0.312. The Morgan fingerprint density at radius 1 is 0.526 bits per heavy atom. The highest BCUT2D eigenvalue weighted by molar-refractivity contribution is 5.73. The SMILES string of the molecule is CCCCOc1ccc(C)cc1-c1ccc(COc2ccc(C(CC(=O)O)c3ccn(C)n3)cc2)cc1.CCCCOc1ccc(C)cc1-c1ccc(COc2ccc(C(CC(=O)OCC)c3ccn(C)n3)cc2)cc1. The van der Waals surface area contributed by atoms with Crippen LogP contribution >= 0.6 is 0 Å². The van der Waals surface area contributed by atoms with Crippen molar-refractivity contribution in [2.45, 2.75) is 98.2 Å². The summed E-state index contributed by atoms with van der Waals surface area (Å²) >= 11 is 0. The number of benzene rings is 6. The van der Waals surface area contributed by atoms with Crippen LogP contribution in [0.25, 0.3) is 22.3 Å². The molecule has 8 aromatic rings. The molecule has 6 aromatic carbocycles. The summed E-state index contributed by atoms with van der Waals surface area (Å²) in [6.45, 7) is 13.0. The van der Waals surface area contributed by atoms with Crippen LogP contribution in [-0.2, 0) is 41.6 Å². The minimum absolute atomic E-state index is 0.0180. The molecule has 2 atom stereocenters. The monoisotopic (exact) mass is 1020 g/mol. The van der Waals surface area contributed by atoms with Crippen LogP contribution in [0, 0.1) is 13.8 Å². The van der Waals surface area contributed by atoms with Gasteiger partial charge in [0.1, 0.15) is 36.2 Å². The standard InChI is InChI=1S/C33H38N2O4.C31H34N2O4/c1-5-7-20-38-32-17-8-24(3)21-30(32)27-11-9-25(10-12-27)23-39-28-15-13-26(14-16-28)29(22-33(36)37-6-2)31-18-19-35(4)34-31;1-4-5-18-36-30-15-6-22(2)19-28(30)25-9-7-23(8-10-25)21-37-26-13-11-24(12-14-26)27(20-31(34)35)29-16-17-33(3)32-29/h8-19,21,29H,5-7,20,22-23H2,1-4H3;6-17,19,27H,4-5,18,20-21H2,1-3H3,(H,34,35). The molecular weight excluding hydrogens is 953 g/mol. The minimum atomic E-state index is -0.857. The highest BCUT2D eigenvalue weighted by Gasteiger charge is 2.23. The number of aliphatic carboxylic acids is 1. The molecule has 2 heterocycles. The van der Waals surface area contributed by atoms with E-state index in [0.717, 1.165) is 118 Å². The van der Waals surface area contributed by atoms with Crippen LogP contribution in [0.5, 0.6) is 23.0 Å². The number of carbonyl (C=O) groups excluding carboxylic acids is 1. The van der Waals surface area contributed by atoms with Gasteiger partial charge in [0.05, 0.1) is 44.1 Å².